The lowest BCUT2D eigenvalue weighted by Gasteiger charge is -2.19. The molecular weight excluding hydrogens is 182 g/mol. The van der Waals surface area contributed by atoms with Crippen molar-refractivity contribution in [2.24, 2.45) is 0 Å². The Kier molecular flexibility index (Phi) is 3.66. The lowest BCUT2D eigenvalue weighted by Crippen LogP contribution is -2.42. The van der Waals surface area contributed by atoms with E-state index in [4.69, 9.17) is 4.74 Å². The lowest BCUT2D eigenvalue weighted by atomic mass is 10.0. The third-order valence-electron chi connectivity index (χ3n) is 2.09. The summed E-state index contributed by atoms with van der Waals surface area (Å²) in [5.41, 5.74) is 0.0719. The zero-order chi connectivity index (χ0) is 10.6. The number of nitrogens with one attached hydrogen (secondary N) is 1. The molecule has 0 bridgehead atoms. The van der Waals surface area contributed by atoms with E-state index in [2.05, 4.69) is 5.32 Å². The molecule has 0 spiro atoms. The Hall–Kier alpha value is -0.870. The molecule has 1 aliphatic heterocycles. The number of amides is 1. The molecule has 1 amide bonds. The van der Waals surface area contributed by atoms with Gasteiger partial charge in [0.25, 0.3) is 0 Å². The average molecular weight is 199 g/mol. The number of rotatable bonds is 3. The maximum Gasteiger partial charge on any atom is 0.244 e. The number of hydrogen-bond acceptors (Lipinski definition) is 3. The fourth-order valence-corrected chi connectivity index (χ4v) is 1.30. The molecule has 4 heteroatoms. The summed E-state index contributed by atoms with van der Waals surface area (Å²) >= 11 is 0. The summed E-state index contributed by atoms with van der Waals surface area (Å²) in [6, 6.07) is 0. The fraction of sp³-hybridized carbons (Fsp3) is 0.700. The van der Waals surface area contributed by atoms with Crippen LogP contribution in [0.4, 0.5) is 0 Å². The summed E-state index contributed by atoms with van der Waals surface area (Å²) in [7, 11) is 0. The second-order valence-electron chi connectivity index (χ2n) is 3.97. The van der Waals surface area contributed by atoms with E-state index in [1.54, 1.807) is 0 Å². The lowest BCUT2D eigenvalue weighted by molar-refractivity contribution is -0.117. The van der Waals surface area contributed by atoms with Crippen molar-refractivity contribution in [3.8, 4) is 0 Å². The van der Waals surface area contributed by atoms with Gasteiger partial charge in [0, 0.05) is 25.6 Å². The van der Waals surface area contributed by atoms with Gasteiger partial charge < -0.3 is 15.2 Å². The molecule has 0 radical (unpaired) electrons. The second kappa shape index (κ2) is 4.57. The Morgan fingerprint density at radius 3 is 2.86 bits per heavy atom. The van der Waals surface area contributed by atoms with E-state index < -0.39 is 5.60 Å². The topological polar surface area (TPSA) is 58.6 Å². The predicted octanol–water partition coefficient (Wildman–Crippen LogP) is 0.220. The van der Waals surface area contributed by atoms with Crippen LogP contribution in [0.2, 0.25) is 0 Å². The van der Waals surface area contributed by atoms with Gasteiger partial charge in [-0.1, -0.05) is 5.57 Å². The molecule has 0 aromatic carbocycles. The molecule has 0 aromatic rings. The van der Waals surface area contributed by atoms with Gasteiger partial charge in [0.15, 0.2) is 0 Å². The first-order valence-corrected chi connectivity index (χ1v) is 4.75. The predicted molar refractivity (Wildman–Crippen MR) is 52.8 cm³/mol. The smallest absolute Gasteiger partial charge is 0.244 e. The minimum atomic E-state index is -0.870. The summed E-state index contributed by atoms with van der Waals surface area (Å²) in [5.74, 6) is -0.162. The number of allylic oxidation sites excluding steroid dienone is 1. The van der Waals surface area contributed by atoms with E-state index in [9.17, 15) is 9.90 Å². The van der Waals surface area contributed by atoms with Crippen molar-refractivity contribution in [2.45, 2.75) is 25.9 Å². The normalized spacial score (nSPS) is 25.9. The SMILES string of the molecule is CC(C)=CC(=O)NCC1(O)CCOC1. The first-order chi connectivity index (χ1) is 6.52. The van der Waals surface area contributed by atoms with Gasteiger partial charge in [-0.15, -0.1) is 0 Å². The quantitative estimate of drug-likeness (QED) is 0.639. The number of carbonyl (C=O) groups is 1. The minimum Gasteiger partial charge on any atom is -0.386 e. The average Bonchev–Trinajstić information content (AvgIpc) is 2.49. The Morgan fingerprint density at radius 2 is 2.36 bits per heavy atom. The highest BCUT2D eigenvalue weighted by Crippen LogP contribution is 2.16. The molecule has 1 atom stereocenters. The van der Waals surface area contributed by atoms with E-state index in [-0.39, 0.29) is 12.5 Å². The summed E-state index contributed by atoms with van der Waals surface area (Å²) in [6.45, 7) is 4.84. The fourth-order valence-electron chi connectivity index (χ4n) is 1.30. The van der Waals surface area contributed by atoms with Crippen LogP contribution in [-0.4, -0.2) is 36.4 Å². The minimum absolute atomic E-state index is 0.162. The van der Waals surface area contributed by atoms with Gasteiger partial charge in [-0.2, -0.15) is 0 Å². The third kappa shape index (κ3) is 3.47. The van der Waals surface area contributed by atoms with Gasteiger partial charge in [-0.05, 0) is 13.8 Å². The van der Waals surface area contributed by atoms with Crippen molar-refractivity contribution in [1.82, 2.24) is 5.32 Å². The molecule has 1 rings (SSSR count). The van der Waals surface area contributed by atoms with E-state index in [0.717, 1.165) is 5.57 Å². The third-order valence-corrected chi connectivity index (χ3v) is 2.09. The van der Waals surface area contributed by atoms with Gasteiger partial charge in [-0.3, -0.25) is 4.79 Å². The first kappa shape index (κ1) is 11.2. The van der Waals surface area contributed by atoms with Crippen LogP contribution in [0, 0.1) is 0 Å². The maximum atomic E-state index is 11.2. The molecule has 0 aliphatic carbocycles. The van der Waals surface area contributed by atoms with Gasteiger partial charge in [0.05, 0.1) is 6.61 Å². The molecule has 1 unspecified atom stereocenters. The second-order valence-corrected chi connectivity index (χ2v) is 3.97. The molecule has 2 N–H and O–H groups in total. The highest BCUT2D eigenvalue weighted by atomic mass is 16.5. The number of aliphatic hydroxyl groups is 1. The van der Waals surface area contributed by atoms with Crippen LogP contribution in [0.15, 0.2) is 11.6 Å². The van der Waals surface area contributed by atoms with Crippen LogP contribution >= 0.6 is 0 Å². The number of carbonyl (C=O) groups excluding carboxylic acids is 1. The standard InChI is InChI=1S/C10H17NO3/c1-8(2)5-9(12)11-6-10(13)3-4-14-7-10/h5,13H,3-4,6-7H2,1-2H3,(H,11,12). The first-order valence-electron chi connectivity index (χ1n) is 4.75. The van der Waals surface area contributed by atoms with E-state index in [1.807, 2.05) is 13.8 Å². The van der Waals surface area contributed by atoms with Crippen LogP contribution in [0.3, 0.4) is 0 Å². The molecular formula is C10H17NO3. The summed E-state index contributed by atoms with van der Waals surface area (Å²) in [6.07, 6.45) is 2.10. The maximum absolute atomic E-state index is 11.2. The van der Waals surface area contributed by atoms with Gasteiger partial charge in [-0.25, -0.2) is 0 Å². The van der Waals surface area contributed by atoms with Crippen LogP contribution in [0.25, 0.3) is 0 Å². The monoisotopic (exact) mass is 199 g/mol. The van der Waals surface area contributed by atoms with Crippen molar-refractivity contribution in [2.75, 3.05) is 19.8 Å². The van der Waals surface area contributed by atoms with Crippen molar-refractivity contribution >= 4 is 5.91 Å². The summed E-state index contributed by atoms with van der Waals surface area (Å²) in [4.78, 5) is 11.2. The number of ether oxygens (including phenoxy) is 1. The molecule has 14 heavy (non-hydrogen) atoms. The van der Waals surface area contributed by atoms with Crippen molar-refractivity contribution < 1.29 is 14.6 Å². The summed E-state index contributed by atoms with van der Waals surface area (Å²) in [5, 5.41) is 12.5. The molecule has 1 fully saturated rings. The summed E-state index contributed by atoms with van der Waals surface area (Å²) < 4.78 is 5.06. The molecule has 4 nitrogen and oxygen atoms in total. The van der Waals surface area contributed by atoms with Crippen LogP contribution < -0.4 is 5.32 Å². The van der Waals surface area contributed by atoms with Crippen LogP contribution in [0.1, 0.15) is 20.3 Å². The Labute approximate surface area is 83.9 Å². The molecule has 1 aliphatic rings. The molecule has 1 heterocycles. The van der Waals surface area contributed by atoms with Crippen molar-refractivity contribution in [1.29, 1.82) is 0 Å². The molecule has 0 aromatic heterocycles. The Balaban J connectivity index is 2.33. The molecule has 0 saturated carbocycles. The van der Waals surface area contributed by atoms with Gasteiger partial charge in [0.2, 0.25) is 5.91 Å². The largest absolute Gasteiger partial charge is 0.386 e. The van der Waals surface area contributed by atoms with Gasteiger partial charge >= 0.3 is 0 Å². The zero-order valence-electron chi connectivity index (χ0n) is 8.67. The zero-order valence-corrected chi connectivity index (χ0v) is 8.67. The van der Waals surface area contributed by atoms with Crippen molar-refractivity contribution in [3.05, 3.63) is 11.6 Å². The molecule has 80 valence electrons. The Bertz CT molecular complexity index is 238. The molecule has 1 saturated heterocycles. The van der Waals surface area contributed by atoms with E-state index >= 15 is 0 Å². The highest BCUT2D eigenvalue weighted by molar-refractivity contribution is 5.88. The van der Waals surface area contributed by atoms with E-state index in [1.165, 1.54) is 6.08 Å². The highest BCUT2D eigenvalue weighted by Gasteiger charge is 2.32. The van der Waals surface area contributed by atoms with E-state index in [0.29, 0.717) is 19.6 Å². The van der Waals surface area contributed by atoms with Gasteiger partial charge in [0.1, 0.15) is 5.60 Å². The van der Waals surface area contributed by atoms with Crippen LogP contribution in [-0.2, 0) is 9.53 Å². The number of hydrogen-bond donors (Lipinski definition) is 2. The Morgan fingerprint density at radius 1 is 1.64 bits per heavy atom. The van der Waals surface area contributed by atoms with Crippen molar-refractivity contribution in [3.63, 3.8) is 0 Å². The van der Waals surface area contributed by atoms with Crippen LogP contribution in [0.5, 0.6) is 0 Å².